The van der Waals surface area contributed by atoms with E-state index in [0.717, 1.165) is 0 Å². The highest BCUT2D eigenvalue weighted by Gasteiger charge is 2.22. The summed E-state index contributed by atoms with van der Waals surface area (Å²) in [4.78, 5) is 40.7. The molecule has 0 aromatic carbocycles. The molecule has 1 saturated heterocycles. The summed E-state index contributed by atoms with van der Waals surface area (Å²) in [5, 5.41) is 0. The molecule has 1 heterocycles. The first kappa shape index (κ1) is 17.8. The lowest BCUT2D eigenvalue weighted by molar-refractivity contribution is -0.134. The van der Waals surface area contributed by atoms with E-state index in [1.165, 1.54) is 0 Å². The molecule has 0 bridgehead atoms. The SMILES string of the molecule is CCC(=O)N1CCN(C(=O)CC)CCN(C(=O)CCl)CC1. The number of nitrogens with zero attached hydrogens (tertiary/aromatic N) is 3. The van der Waals surface area contributed by atoms with Crippen LogP contribution in [0.4, 0.5) is 0 Å². The number of amides is 3. The van der Waals surface area contributed by atoms with Crippen molar-refractivity contribution in [3.8, 4) is 0 Å². The van der Waals surface area contributed by atoms with Crippen LogP contribution in [0.2, 0.25) is 0 Å². The fourth-order valence-electron chi connectivity index (χ4n) is 2.34. The first-order valence-corrected chi connectivity index (χ1v) is 7.96. The van der Waals surface area contributed by atoms with Crippen LogP contribution in [-0.4, -0.2) is 77.6 Å². The van der Waals surface area contributed by atoms with Crippen molar-refractivity contribution in [3.05, 3.63) is 0 Å². The molecule has 0 unspecified atom stereocenters. The third kappa shape index (κ3) is 5.19. The van der Waals surface area contributed by atoms with Crippen LogP contribution in [0.25, 0.3) is 0 Å². The molecule has 0 atom stereocenters. The maximum atomic E-state index is 11.9. The molecule has 0 aromatic rings. The highest BCUT2D eigenvalue weighted by molar-refractivity contribution is 6.27. The third-order valence-electron chi connectivity index (χ3n) is 3.70. The molecule has 0 aliphatic carbocycles. The maximum absolute atomic E-state index is 11.9. The largest absolute Gasteiger partial charge is 0.339 e. The van der Waals surface area contributed by atoms with Gasteiger partial charge in [0.15, 0.2) is 0 Å². The van der Waals surface area contributed by atoms with Crippen molar-refractivity contribution in [2.24, 2.45) is 0 Å². The summed E-state index contributed by atoms with van der Waals surface area (Å²) in [5.41, 5.74) is 0. The van der Waals surface area contributed by atoms with E-state index in [-0.39, 0.29) is 23.6 Å². The van der Waals surface area contributed by atoms with Gasteiger partial charge in [-0.15, -0.1) is 11.6 Å². The summed E-state index contributed by atoms with van der Waals surface area (Å²) in [7, 11) is 0. The van der Waals surface area contributed by atoms with E-state index in [1.807, 2.05) is 13.8 Å². The number of halogens is 1. The van der Waals surface area contributed by atoms with Crippen LogP contribution in [0, 0.1) is 0 Å². The van der Waals surface area contributed by atoms with Gasteiger partial charge in [0, 0.05) is 52.1 Å². The van der Waals surface area contributed by atoms with Crippen molar-refractivity contribution in [2.75, 3.05) is 45.1 Å². The second-order valence-electron chi connectivity index (χ2n) is 4.98. The summed E-state index contributed by atoms with van der Waals surface area (Å²) < 4.78 is 0. The fraction of sp³-hybridized carbons (Fsp3) is 0.786. The zero-order valence-electron chi connectivity index (χ0n) is 12.8. The maximum Gasteiger partial charge on any atom is 0.237 e. The van der Waals surface area contributed by atoms with Crippen molar-refractivity contribution in [1.29, 1.82) is 0 Å². The van der Waals surface area contributed by atoms with Gasteiger partial charge in [0.05, 0.1) is 0 Å². The minimum Gasteiger partial charge on any atom is -0.339 e. The molecule has 7 heteroatoms. The van der Waals surface area contributed by atoms with Gasteiger partial charge in [0.1, 0.15) is 5.88 Å². The Hall–Kier alpha value is -1.30. The van der Waals surface area contributed by atoms with E-state index in [1.54, 1.807) is 14.7 Å². The van der Waals surface area contributed by atoms with Gasteiger partial charge in [-0.1, -0.05) is 13.8 Å². The van der Waals surface area contributed by atoms with Gasteiger partial charge in [0.25, 0.3) is 0 Å². The number of rotatable bonds is 3. The van der Waals surface area contributed by atoms with Crippen LogP contribution in [0.1, 0.15) is 26.7 Å². The third-order valence-corrected chi connectivity index (χ3v) is 3.93. The minimum atomic E-state index is -0.161. The molecule has 6 nitrogen and oxygen atoms in total. The molecule has 3 amide bonds. The lowest BCUT2D eigenvalue weighted by atomic mass is 10.3. The summed E-state index contributed by atoms with van der Waals surface area (Å²) in [6, 6.07) is 0. The van der Waals surface area contributed by atoms with Gasteiger partial charge in [-0.05, 0) is 0 Å². The standard InChI is InChI=1S/C14H24ClN3O3/c1-3-12(19)16-5-6-17(13(20)4-2)8-10-18(9-7-16)14(21)11-15/h3-11H2,1-2H3. The van der Waals surface area contributed by atoms with Gasteiger partial charge >= 0.3 is 0 Å². The number of carbonyl (C=O) groups excluding carboxylic acids is 3. The number of hydrogen-bond acceptors (Lipinski definition) is 3. The molecule has 1 fully saturated rings. The molecule has 21 heavy (non-hydrogen) atoms. The quantitative estimate of drug-likeness (QED) is 0.714. The lowest BCUT2D eigenvalue weighted by Crippen LogP contribution is -2.42. The van der Waals surface area contributed by atoms with Gasteiger partial charge in [-0.25, -0.2) is 0 Å². The van der Waals surface area contributed by atoms with Crippen LogP contribution in [0.15, 0.2) is 0 Å². The van der Waals surface area contributed by atoms with E-state index >= 15 is 0 Å². The predicted molar refractivity (Wildman–Crippen MR) is 81.0 cm³/mol. The Morgan fingerprint density at radius 1 is 0.714 bits per heavy atom. The molecule has 0 spiro atoms. The zero-order valence-corrected chi connectivity index (χ0v) is 13.6. The van der Waals surface area contributed by atoms with E-state index in [4.69, 9.17) is 11.6 Å². The Bertz CT molecular complexity index is 321. The molecule has 1 rings (SSSR count). The molecule has 0 aromatic heterocycles. The number of hydrogen-bond donors (Lipinski definition) is 0. The van der Waals surface area contributed by atoms with Crippen molar-refractivity contribution < 1.29 is 14.4 Å². The van der Waals surface area contributed by atoms with Gasteiger partial charge in [-0.2, -0.15) is 0 Å². The van der Waals surface area contributed by atoms with Crippen molar-refractivity contribution in [2.45, 2.75) is 26.7 Å². The fourth-order valence-corrected chi connectivity index (χ4v) is 2.51. The van der Waals surface area contributed by atoms with E-state index in [2.05, 4.69) is 0 Å². The Kier molecular flexibility index (Phi) is 7.50. The Morgan fingerprint density at radius 2 is 1.00 bits per heavy atom. The molecule has 0 N–H and O–H groups in total. The van der Waals surface area contributed by atoms with Crippen molar-refractivity contribution in [3.63, 3.8) is 0 Å². The van der Waals surface area contributed by atoms with Gasteiger partial charge in [0.2, 0.25) is 17.7 Å². The summed E-state index contributed by atoms with van der Waals surface area (Å²) >= 11 is 5.62. The Morgan fingerprint density at radius 3 is 1.24 bits per heavy atom. The predicted octanol–water partition coefficient (Wildman–Crippen LogP) is 0.545. The summed E-state index contributed by atoms with van der Waals surface area (Å²) in [6.45, 7) is 6.56. The molecular formula is C14H24ClN3O3. The summed E-state index contributed by atoms with van der Waals surface area (Å²) in [6.07, 6.45) is 0.844. The monoisotopic (exact) mass is 317 g/mol. The summed E-state index contributed by atoms with van der Waals surface area (Å²) in [5.74, 6) is -0.159. The first-order valence-electron chi connectivity index (χ1n) is 7.42. The van der Waals surface area contributed by atoms with Crippen molar-refractivity contribution >= 4 is 29.3 Å². The molecule has 0 saturated carbocycles. The average Bonchev–Trinajstić information content (AvgIpc) is 2.62. The van der Waals surface area contributed by atoms with Crippen LogP contribution < -0.4 is 0 Å². The molecule has 1 aliphatic heterocycles. The molecular weight excluding hydrogens is 294 g/mol. The molecule has 0 radical (unpaired) electrons. The van der Waals surface area contributed by atoms with Gasteiger partial charge < -0.3 is 14.7 Å². The highest BCUT2D eigenvalue weighted by Crippen LogP contribution is 2.05. The zero-order chi connectivity index (χ0) is 15.8. The number of carbonyl (C=O) groups is 3. The number of alkyl halides is 1. The van der Waals surface area contributed by atoms with Crippen LogP contribution in [-0.2, 0) is 14.4 Å². The second kappa shape index (κ2) is 8.87. The molecule has 120 valence electrons. The Labute approximate surface area is 131 Å². The molecule has 1 aliphatic rings. The van der Waals surface area contributed by atoms with E-state index < -0.39 is 0 Å². The minimum absolute atomic E-state index is 0.0408. The second-order valence-corrected chi connectivity index (χ2v) is 5.25. The van der Waals surface area contributed by atoms with Crippen LogP contribution in [0.5, 0.6) is 0 Å². The highest BCUT2D eigenvalue weighted by atomic mass is 35.5. The van der Waals surface area contributed by atoms with Gasteiger partial charge in [-0.3, -0.25) is 14.4 Å². The van der Waals surface area contributed by atoms with E-state index in [0.29, 0.717) is 52.1 Å². The lowest BCUT2D eigenvalue weighted by Gasteiger charge is -2.25. The van der Waals surface area contributed by atoms with Crippen LogP contribution in [0.3, 0.4) is 0 Å². The van der Waals surface area contributed by atoms with E-state index in [9.17, 15) is 14.4 Å². The van der Waals surface area contributed by atoms with Crippen molar-refractivity contribution in [1.82, 2.24) is 14.7 Å². The average molecular weight is 318 g/mol. The van der Waals surface area contributed by atoms with Crippen LogP contribution >= 0.6 is 11.6 Å². The smallest absolute Gasteiger partial charge is 0.237 e. The first-order chi connectivity index (χ1) is 10.0. The topological polar surface area (TPSA) is 60.9 Å². The Balaban J connectivity index is 2.83. The normalized spacial score (nSPS) is 17.0.